The molecule has 0 aliphatic carbocycles. The zero-order valence-electron chi connectivity index (χ0n) is 25.3. The summed E-state index contributed by atoms with van der Waals surface area (Å²) in [4.78, 5) is 19.1. The van der Waals surface area contributed by atoms with Crippen LogP contribution in [-0.2, 0) is 17.2 Å². The van der Waals surface area contributed by atoms with Gasteiger partial charge >= 0.3 is 0 Å². The van der Waals surface area contributed by atoms with Crippen LogP contribution < -0.4 is 15.4 Å². The Balaban J connectivity index is 1.41. The number of nitrogens with one attached hydrogen (secondary N) is 2. The van der Waals surface area contributed by atoms with Gasteiger partial charge < -0.3 is 15.4 Å². The van der Waals surface area contributed by atoms with E-state index in [2.05, 4.69) is 26.6 Å². The summed E-state index contributed by atoms with van der Waals surface area (Å²) in [5.74, 6) is 1.44. The summed E-state index contributed by atoms with van der Waals surface area (Å²) in [5, 5.41) is 13.3. The van der Waals surface area contributed by atoms with Gasteiger partial charge in [-0.05, 0) is 73.9 Å². The predicted octanol–water partition coefficient (Wildman–Crippen LogP) is 9.76. The number of aromatic nitrogens is 3. The summed E-state index contributed by atoms with van der Waals surface area (Å²) in [6, 6.07) is 26.2. The molecule has 234 valence electrons. The molecule has 1 aromatic heterocycles. The number of carbonyl (C=O) groups excluding carboxylic acids is 1. The van der Waals surface area contributed by atoms with E-state index in [1.807, 2.05) is 106 Å². The third kappa shape index (κ3) is 6.83. The van der Waals surface area contributed by atoms with E-state index < -0.39 is 6.04 Å². The number of benzene rings is 4. The van der Waals surface area contributed by atoms with Gasteiger partial charge in [-0.25, -0.2) is 4.68 Å². The molecule has 2 heterocycles. The summed E-state index contributed by atoms with van der Waals surface area (Å²) >= 11 is 18.0. The van der Waals surface area contributed by atoms with Crippen LogP contribution in [0.5, 0.6) is 5.75 Å². The largest absolute Gasteiger partial charge is 0.488 e. The predicted molar refractivity (Wildman–Crippen MR) is 190 cm³/mol. The highest BCUT2D eigenvalue weighted by atomic mass is 79.9. The number of hydrogen-bond donors (Lipinski definition) is 2. The Morgan fingerprint density at radius 1 is 0.978 bits per heavy atom. The fourth-order valence-corrected chi connectivity index (χ4v) is 6.93. The molecule has 2 N–H and O–H groups in total. The Kier molecular flexibility index (Phi) is 9.75. The monoisotopic (exact) mass is 733 g/mol. The third-order valence-electron chi connectivity index (χ3n) is 7.85. The summed E-state index contributed by atoms with van der Waals surface area (Å²) < 4.78 is 8.99. The molecule has 46 heavy (non-hydrogen) atoms. The molecule has 0 bridgehead atoms. The van der Waals surface area contributed by atoms with Crippen LogP contribution in [0.2, 0.25) is 10.0 Å². The number of ether oxygens (including phenoxy) is 1. The van der Waals surface area contributed by atoms with Crippen molar-refractivity contribution in [3.8, 4) is 5.75 Å². The zero-order chi connectivity index (χ0) is 32.4. The highest BCUT2D eigenvalue weighted by molar-refractivity contribution is 9.10. The Hall–Kier alpha value is -3.76. The standard InChI is InChI=1S/C35H30BrCl2N5O2S/c1-20-9-8-14-29(21(20)2)40-33(44)31-22(3)39-34-41-35(46-19-24-11-5-7-13-28(24)38)42-43(34)32(31)26-17-25(36)15-16-30(26)45-18-23-10-4-6-12-27(23)37/h4-17,32H,18-19H2,1-3H3,(H,40,44)(H,39,41,42). The van der Waals surface area contributed by atoms with E-state index in [4.69, 9.17) is 38.0 Å². The van der Waals surface area contributed by atoms with Gasteiger partial charge in [0.15, 0.2) is 0 Å². The molecule has 6 rings (SSSR count). The molecule has 7 nitrogen and oxygen atoms in total. The van der Waals surface area contributed by atoms with Crippen molar-refractivity contribution in [2.75, 3.05) is 10.6 Å². The summed E-state index contributed by atoms with van der Waals surface area (Å²) in [6.45, 7) is 6.14. The first-order valence-electron chi connectivity index (χ1n) is 14.5. The van der Waals surface area contributed by atoms with E-state index in [9.17, 15) is 4.79 Å². The number of thioether (sulfide) groups is 1. The fraction of sp³-hybridized carbons (Fsp3) is 0.171. The molecule has 0 saturated carbocycles. The van der Waals surface area contributed by atoms with E-state index in [0.717, 1.165) is 38.0 Å². The van der Waals surface area contributed by atoms with E-state index in [1.165, 1.54) is 11.8 Å². The second-order valence-corrected chi connectivity index (χ2v) is 13.5. The lowest BCUT2D eigenvalue weighted by Crippen LogP contribution is -2.32. The van der Waals surface area contributed by atoms with Gasteiger partial charge in [0, 0.05) is 42.8 Å². The molecule has 5 aromatic rings. The number of anilines is 2. The van der Waals surface area contributed by atoms with Gasteiger partial charge in [0.2, 0.25) is 11.1 Å². The first-order valence-corrected chi connectivity index (χ1v) is 17.1. The minimum absolute atomic E-state index is 0.245. The number of rotatable bonds is 9. The second-order valence-electron chi connectivity index (χ2n) is 10.9. The van der Waals surface area contributed by atoms with Crippen LogP contribution in [0, 0.1) is 13.8 Å². The number of aryl methyl sites for hydroxylation is 1. The number of hydrogen-bond acceptors (Lipinski definition) is 6. The average Bonchev–Trinajstić information content (AvgIpc) is 3.44. The molecular formula is C35H30BrCl2N5O2S. The molecule has 0 fully saturated rings. The van der Waals surface area contributed by atoms with Crippen LogP contribution in [0.1, 0.15) is 40.8 Å². The maximum atomic E-state index is 14.2. The molecule has 11 heteroatoms. The molecule has 0 radical (unpaired) electrons. The molecule has 0 saturated heterocycles. The van der Waals surface area contributed by atoms with E-state index in [1.54, 1.807) is 4.68 Å². The molecule has 1 atom stereocenters. The van der Waals surface area contributed by atoms with E-state index in [-0.39, 0.29) is 12.5 Å². The van der Waals surface area contributed by atoms with Gasteiger partial charge in [0.05, 0.1) is 5.57 Å². The van der Waals surface area contributed by atoms with Crippen molar-refractivity contribution in [1.29, 1.82) is 0 Å². The first kappa shape index (κ1) is 32.2. The van der Waals surface area contributed by atoms with E-state index in [0.29, 0.717) is 43.9 Å². The number of halogens is 3. The average molecular weight is 736 g/mol. The normalized spacial score (nSPS) is 14.1. The van der Waals surface area contributed by atoms with Gasteiger partial charge in [-0.15, -0.1) is 5.10 Å². The fourth-order valence-electron chi connectivity index (χ4n) is 5.24. The lowest BCUT2D eigenvalue weighted by atomic mass is 9.94. The molecule has 1 unspecified atom stereocenters. The quantitative estimate of drug-likeness (QED) is 0.147. The van der Waals surface area contributed by atoms with Crippen molar-refractivity contribution in [2.24, 2.45) is 0 Å². The number of nitrogens with zero attached hydrogens (tertiary/aromatic N) is 3. The highest BCUT2D eigenvalue weighted by Gasteiger charge is 2.36. The van der Waals surface area contributed by atoms with Crippen LogP contribution in [0.4, 0.5) is 11.6 Å². The number of carbonyl (C=O) groups is 1. The van der Waals surface area contributed by atoms with Gasteiger partial charge in [-0.2, -0.15) is 4.98 Å². The van der Waals surface area contributed by atoms with Crippen molar-refractivity contribution in [2.45, 2.75) is 44.3 Å². The molecule has 0 spiro atoms. The number of amides is 1. The van der Waals surface area contributed by atoms with E-state index >= 15 is 0 Å². The first-order chi connectivity index (χ1) is 22.2. The Bertz CT molecular complexity index is 1980. The molecule has 1 aliphatic rings. The van der Waals surface area contributed by atoms with Crippen molar-refractivity contribution < 1.29 is 9.53 Å². The highest BCUT2D eigenvalue weighted by Crippen LogP contribution is 2.42. The summed E-state index contributed by atoms with van der Waals surface area (Å²) in [6.07, 6.45) is 0. The van der Waals surface area contributed by atoms with Crippen molar-refractivity contribution >= 4 is 68.4 Å². The van der Waals surface area contributed by atoms with Crippen LogP contribution in [-0.4, -0.2) is 20.7 Å². The maximum absolute atomic E-state index is 14.2. The summed E-state index contributed by atoms with van der Waals surface area (Å²) in [7, 11) is 0. The molecule has 1 aliphatic heterocycles. The lowest BCUT2D eigenvalue weighted by molar-refractivity contribution is -0.113. The minimum Gasteiger partial charge on any atom is -0.488 e. The Morgan fingerprint density at radius 2 is 1.70 bits per heavy atom. The van der Waals surface area contributed by atoms with Gasteiger partial charge in [-0.3, -0.25) is 4.79 Å². The number of allylic oxidation sites excluding steroid dienone is 1. The van der Waals surface area contributed by atoms with Crippen LogP contribution in [0.15, 0.2) is 106 Å². The molecule has 4 aromatic carbocycles. The zero-order valence-corrected chi connectivity index (χ0v) is 29.2. The number of fused-ring (bicyclic) bond motifs is 1. The lowest BCUT2D eigenvalue weighted by Gasteiger charge is -2.30. The van der Waals surface area contributed by atoms with Crippen LogP contribution in [0.25, 0.3) is 0 Å². The molecular weight excluding hydrogens is 705 g/mol. The Labute approximate surface area is 290 Å². The van der Waals surface area contributed by atoms with Crippen LogP contribution in [0.3, 0.4) is 0 Å². The van der Waals surface area contributed by atoms with Gasteiger partial charge in [-0.1, -0.05) is 99.4 Å². The Morgan fingerprint density at radius 3 is 2.43 bits per heavy atom. The van der Waals surface area contributed by atoms with Gasteiger partial charge in [0.25, 0.3) is 5.91 Å². The van der Waals surface area contributed by atoms with Gasteiger partial charge in [0.1, 0.15) is 18.4 Å². The van der Waals surface area contributed by atoms with Crippen LogP contribution >= 0.6 is 50.9 Å². The minimum atomic E-state index is -0.665. The maximum Gasteiger partial charge on any atom is 0.255 e. The topological polar surface area (TPSA) is 81.1 Å². The summed E-state index contributed by atoms with van der Waals surface area (Å²) in [5.41, 5.74) is 6.55. The second kappa shape index (κ2) is 13.9. The SMILES string of the molecule is CC1=C(C(=O)Nc2cccc(C)c2C)C(c2cc(Br)ccc2OCc2ccccc2Cl)n2nc(SCc3ccccc3Cl)nc2N1. The van der Waals surface area contributed by atoms with Crippen molar-refractivity contribution in [3.63, 3.8) is 0 Å². The van der Waals surface area contributed by atoms with Crippen molar-refractivity contribution in [3.05, 3.63) is 139 Å². The molecule has 1 amide bonds. The smallest absolute Gasteiger partial charge is 0.255 e. The van der Waals surface area contributed by atoms with Crippen molar-refractivity contribution in [1.82, 2.24) is 14.8 Å². The third-order valence-corrected chi connectivity index (χ3v) is 9.97.